The van der Waals surface area contributed by atoms with Crippen molar-refractivity contribution in [2.45, 2.75) is 25.8 Å². The Labute approximate surface area is 173 Å². The summed E-state index contributed by atoms with van der Waals surface area (Å²) in [5, 5.41) is 4.09. The van der Waals surface area contributed by atoms with E-state index in [4.69, 9.17) is 18.7 Å². The van der Waals surface area contributed by atoms with Gasteiger partial charge in [-0.3, -0.25) is 4.79 Å². The number of ether oxygens (including phenoxy) is 3. The van der Waals surface area contributed by atoms with Crippen molar-refractivity contribution in [2.75, 3.05) is 19.9 Å². The topological polar surface area (TPSA) is 86.9 Å². The van der Waals surface area contributed by atoms with Gasteiger partial charge in [-0.25, -0.2) is 0 Å². The summed E-state index contributed by atoms with van der Waals surface area (Å²) >= 11 is 0. The first kappa shape index (κ1) is 18.5. The number of carbonyl (C=O) groups is 1. The van der Waals surface area contributed by atoms with Gasteiger partial charge in [0.15, 0.2) is 11.5 Å². The number of benzene rings is 2. The second-order valence-electron chi connectivity index (χ2n) is 7.28. The second-order valence-corrected chi connectivity index (χ2v) is 7.28. The highest BCUT2D eigenvalue weighted by atomic mass is 16.7. The van der Waals surface area contributed by atoms with Crippen LogP contribution >= 0.6 is 0 Å². The van der Waals surface area contributed by atoms with Crippen LogP contribution in [-0.2, 0) is 11.3 Å². The molecule has 0 spiro atoms. The lowest BCUT2D eigenvalue weighted by Crippen LogP contribution is -2.24. The fourth-order valence-corrected chi connectivity index (χ4v) is 3.74. The van der Waals surface area contributed by atoms with E-state index in [-0.39, 0.29) is 18.6 Å². The number of aromatic nitrogens is 2. The molecule has 154 valence electrons. The zero-order valence-corrected chi connectivity index (χ0v) is 16.5. The summed E-state index contributed by atoms with van der Waals surface area (Å²) in [5.41, 5.74) is 1.84. The molecule has 2 aromatic carbocycles. The molecule has 3 heterocycles. The van der Waals surface area contributed by atoms with Crippen molar-refractivity contribution in [1.82, 2.24) is 15.0 Å². The molecule has 0 radical (unpaired) electrons. The lowest BCUT2D eigenvalue weighted by molar-refractivity contribution is -0.128. The third-order valence-electron chi connectivity index (χ3n) is 5.24. The maximum Gasteiger partial charge on any atom is 0.232 e. The molecule has 1 atom stereocenters. The Balaban J connectivity index is 1.26. The summed E-state index contributed by atoms with van der Waals surface area (Å²) in [6.45, 7) is 3.84. The number of fused-ring (bicyclic) bond motifs is 1. The fourth-order valence-electron chi connectivity index (χ4n) is 3.74. The molecule has 2 aliphatic rings. The maximum atomic E-state index is 12.5. The highest BCUT2D eigenvalue weighted by Crippen LogP contribution is 2.34. The summed E-state index contributed by atoms with van der Waals surface area (Å²) < 4.78 is 21.7. The molecule has 8 heteroatoms. The molecule has 30 heavy (non-hydrogen) atoms. The summed E-state index contributed by atoms with van der Waals surface area (Å²) in [4.78, 5) is 18.9. The van der Waals surface area contributed by atoms with Crippen LogP contribution in [0.3, 0.4) is 0 Å². The molecule has 2 aliphatic heterocycles. The third-order valence-corrected chi connectivity index (χ3v) is 5.24. The number of amides is 1. The molecule has 1 unspecified atom stereocenters. The quantitative estimate of drug-likeness (QED) is 0.619. The van der Waals surface area contributed by atoms with Gasteiger partial charge in [0.2, 0.25) is 24.4 Å². The minimum Gasteiger partial charge on any atom is -0.494 e. The normalized spacial score (nSPS) is 17.6. The van der Waals surface area contributed by atoms with E-state index in [0.717, 1.165) is 22.6 Å². The molecular formula is C22H21N3O5. The number of carbonyl (C=O) groups excluding carboxylic acids is 1. The van der Waals surface area contributed by atoms with Crippen LogP contribution in [0.2, 0.25) is 0 Å². The molecule has 1 saturated heterocycles. The van der Waals surface area contributed by atoms with Gasteiger partial charge in [0.05, 0.1) is 12.5 Å². The van der Waals surface area contributed by atoms with Gasteiger partial charge in [-0.1, -0.05) is 11.2 Å². The minimum absolute atomic E-state index is 0.0680. The highest BCUT2D eigenvalue weighted by molar-refractivity contribution is 5.79. The van der Waals surface area contributed by atoms with Crippen LogP contribution in [0.15, 0.2) is 47.0 Å². The summed E-state index contributed by atoms with van der Waals surface area (Å²) in [7, 11) is 0. The van der Waals surface area contributed by atoms with E-state index in [9.17, 15) is 4.79 Å². The number of nitrogens with zero attached hydrogens (tertiary/aromatic N) is 3. The molecule has 0 aliphatic carbocycles. The Morgan fingerprint density at radius 1 is 1.13 bits per heavy atom. The largest absolute Gasteiger partial charge is 0.494 e. The maximum absolute atomic E-state index is 12.5. The van der Waals surface area contributed by atoms with Crippen LogP contribution in [-0.4, -0.2) is 40.9 Å². The van der Waals surface area contributed by atoms with Crippen LogP contribution in [0, 0.1) is 0 Å². The fraction of sp³-hybridized carbons (Fsp3) is 0.318. The molecule has 0 bridgehead atoms. The van der Waals surface area contributed by atoms with Gasteiger partial charge in [-0.05, 0) is 48.9 Å². The lowest BCUT2D eigenvalue weighted by atomic mass is 10.1. The van der Waals surface area contributed by atoms with Gasteiger partial charge in [0.1, 0.15) is 5.75 Å². The van der Waals surface area contributed by atoms with Crippen LogP contribution in [0.4, 0.5) is 0 Å². The molecule has 0 N–H and O–H groups in total. The number of rotatable bonds is 6. The van der Waals surface area contributed by atoms with Gasteiger partial charge in [-0.15, -0.1) is 0 Å². The average Bonchev–Trinajstić information content (AvgIpc) is 3.49. The number of likely N-dealkylation sites (tertiary alicyclic amines) is 1. The summed E-state index contributed by atoms with van der Waals surface area (Å²) in [6.07, 6.45) is 0.357. The van der Waals surface area contributed by atoms with Crippen LogP contribution in [0.1, 0.15) is 30.7 Å². The van der Waals surface area contributed by atoms with Crippen molar-refractivity contribution in [1.29, 1.82) is 0 Å². The van der Waals surface area contributed by atoms with E-state index < -0.39 is 0 Å². The monoisotopic (exact) mass is 407 g/mol. The van der Waals surface area contributed by atoms with Crippen molar-refractivity contribution >= 4 is 5.91 Å². The first-order valence-electron chi connectivity index (χ1n) is 9.92. The van der Waals surface area contributed by atoms with Gasteiger partial charge in [0, 0.05) is 25.1 Å². The van der Waals surface area contributed by atoms with Gasteiger partial charge >= 0.3 is 0 Å². The molecular weight excluding hydrogens is 386 g/mol. The Hall–Kier alpha value is -3.55. The van der Waals surface area contributed by atoms with Gasteiger partial charge in [-0.2, -0.15) is 4.98 Å². The number of hydrogen-bond acceptors (Lipinski definition) is 7. The van der Waals surface area contributed by atoms with E-state index >= 15 is 0 Å². The highest BCUT2D eigenvalue weighted by Gasteiger charge is 2.34. The number of hydrogen-bond donors (Lipinski definition) is 0. The van der Waals surface area contributed by atoms with Crippen LogP contribution < -0.4 is 14.2 Å². The molecule has 8 nitrogen and oxygen atoms in total. The average molecular weight is 407 g/mol. The van der Waals surface area contributed by atoms with Crippen molar-refractivity contribution in [3.8, 4) is 28.6 Å². The van der Waals surface area contributed by atoms with Gasteiger partial charge in [0.25, 0.3) is 0 Å². The van der Waals surface area contributed by atoms with Crippen molar-refractivity contribution in [3.05, 3.63) is 53.9 Å². The Morgan fingerprint density at radius 3 is 2.80 bits per heavy atom. The SMILES string of the molecule is CCOc1ccc(-c2noc(C3CC(=O)N(Cc4ccc5c(c4)OCO5)C3)n2)cc1. The van der Waals surface area contributed by atoms with Crippen LogP contribution in [0.25, 0.3) is 11.4 Å². The standard InChI is InChI=1S/C22H21N3O5/c1-2-27-17-6-4-15(5-7-17)21-23-22(30-24-21)16-10-20(26)25(12-16)11-14-3-8-18-19(9-14)29-13-28-18/h3-9,16H,2,10-13H2,1H3. The van der Waals surface area contributed by atoms with Crippen LogP contribution in [0.5, 0.6) is 17.2 Å². The second kappa shape index (κ2) is 7.70. The summed E-state index contributed by atoms with van der Waals surface area (Å²) in [6, 6.07) is 13.3. The van der Waals surface area contributed by atoms with E-state index in [1.165, 1.54) is 0 Å². The molecule has 1 amide bonds. The van der Waals surface area contributed by atoms with Crippen molar-refractivity contribution < 1.29 is 23.5 Å². The predicted molar refractivity (Wildman–Crippen MR) is 106 cm³/mol. The minimum atomic E-state index is -0.115. The molecule has 3 aromatic rings. The van der Waals surface area contributed by atoms with E-state index in [1.807, 2.05) is 54.3 Å². The summed E-state index contributed by atoms with van der Waals surface area (Å²) in [5.74, 6) is 3.19. The molecule has 1 aromatic heterocycles. The van der Waals surface area contributed by atoms with E-state index in [1.54, 1.807) is 0 Å². The third kappa shape index (κ3) is 3.56. The molecule has 5 rings (SSSR count). The van der Waals surface area contributed by atoms with Gasteiger partial charge < -0.3 is 23.6 Å². The Morgan fingerprint density at radius 2 is 1.97 bits per heavy atom. The van der Waals surface area contributed by atoms with E-state index in [0.29, 0.717) is 43.6 Å². The Kier molecular flexibility index (Phi) is 4.74. The Bertz CT molecular complexity index is 1060. The molecule has 0 saturated carbocycles. The molecule has 1 fully saturated rings. The predicted octanol–water partition coefficient (Wildman–Crippen LogP) is 3.38. The first-order valence-corrected chi connectivity index (χ1v) is 9.92. The smallest absolute Gasteiger partial charge is 0.232 e. The van der Waals surface area contributed by atoms with Crippen molar-refractivity contribution in [3.63, 3.8) is 0 Å². The first-order chi connectivity index (χ1) is 14.7. The van der Waals surface area contributed by atoms with E-state index in [2.05, 4.69) is 10.1 Å². The zero-order chi connectivity index (χ0) is 20.5. The zero-order valence-electron chi connectivity index (χ0n) is 16.5. The lowest BCUT2D eigenvalue weighted by Gasteiger charge is -2.16. The van der Waals surface area contributed by atoms with Crippen molar-refractivity contribution in [2.24, 2.45) is 0 Å².